The molecule has 1 aromatic heterocycles. The zero-order valence-electron chi connectivity index (χ0n) is 16.8. The Balaban J connectivity index is 1.64. The van der Waals surface area contributed by atoms with E-state index in [-0.39, 0.29) is 17.9 Å². The number of benzene rings is 1. The SMILES string of the molecule is CC(C)CC(=O)N1CCN(C(C)c2nc(N)nc(Nc3ccccc3)n2)CC1. The van der Waals surface area contributed by atoms with Crippen molar-refractivity contribution in [2.45, 2.75) is 33.2 Å². The Bertz CT molecular complexity index is 788. The molecule has 3 N–H and O–H groups in total. The summed E-state index contributed by atoms with van der Waals surface area (Å²) < 4.78 is 0. The van der Waals surface area contributed by atoms with E-state index in [0.717, 1.165) is 31.9 Å². The van der Waals surface area contributed by atoms with Crippen LogP contribution in [0.25, 0.3) is 0 Å². The summed E-state index contributed by atoms with van der Waals surface area (Å²) in [6.07, 6.45) is 0.605. The minimum Gasteiger partial charge on any atom is -0.368 e. The predicted octanol–water partition coefficient (Wildman–Crippen LogP) is 2.45. The zero-order valence-corrected chi connectivity index (χ0v) is 16.8. The van der Waals surface area contributed by atoms with E-state index in [9.17, 15) is 4.79 Å². The number of nitrogens with two attached hydrogens (primary N) is 1. The number of nitrogens with one attached hydrogen (secondary N) is 1. The van der Waals surface area contributed by atoms with Gasteiger partial charge in [-0.15, -0.1) is 0 Å². The van der Waals surface area contributed by atoms with Crippen LogP contribution in [0.15, 0.2) is 30.3 Å². The summed E-state index contributed by atoms with van der Waals surface area (Å²) >= 11 is 0. The fraction of sp³-hybridized carbons (Fsp3) is 0.500. The lowest BCUT2D eigenvalue weighted by Gasteiger charge is -2.37. The Morgan fingerprint density at radius 1 is 1.07 bits per heavy atom. The molecular weight excluding hydrogens is 354 g/mol. The predicted molar refractivity (Wildman–Crippen MR) is 110 cm³/mol. The molecule has 28 heavy (non-hydrogen) atoms. The monoisotopic (exact) mass is 383 g/mol. The third-order valence-electron chi connectivity index (χ3n) is 4.87. The molecule has 1 fully saturated rings. The Morgan fingerprint density at radius 2 is 1.75 bits per heavy atom. The standard InChI is InChI=1S/C20H29N7O/c1-14(2)13-17(28)27-11-9-26(10-12-27)15(3)18-23-19(21)25-20(24-18)22-16-7-5-4-6-8-16/h4-8,14-15H,9-13H2,1-3H3,(H3,21,22,23,24,25). The van der Waals surface area contributed by atoms with Crippen molar-refractivity contribution in [1.82, 2.24) is 24.8 Å². The summed E-state index contributed by atoms with van der Waals surface area (Å²) in [5.74, 6) is 1.88. The van der Waals surface area contributed by atoms with Gasteiger partial charge in [-0.2, -0.15) is 15.0 Å². The molecule has 3 rings (SSSR count). The molecule has 1 saturated heterocycles. The molecule has 2 heterocycles. The van der Waals surface area contributed by atoms with Crippen LogP contribution in [0.3, 0.4) is 0 Å². The lowest BCUT2D eigenvalue weighted by Crippen LogP contribution is -2.49. The fourth-order valence-electron chi connectivity index (χ4n) is 3.30. The first-order valence-corrected chi connectivity index (χ1v) is 9.77. The van der Waals surface area contributed by atoms with Crippen LogP contribution in [0.1, 0.15) is 39.1 Å². The minimum atomic E-state index is -0.0102. The maximum Gasteiger partial charge on any atom is 0.232 e. The Morgan fingerprint density at radius 3 is 2.39 bits per heavy atom. The Kier molecular flexibility index (Phi) is 6.41. The van der Waals surface area contributed by atoms with Gasteiger partial charge in [0, 0.05) is 38.3 Å². The zero-order chi connectivity index (χ0) is 20.1. The van der Waals surface area contributed by atoms with Crippen LogP contribution in [0.5, 0.6) is 0 Å². The third kappa shape index (κ3) is 5.16. The van der Waals surface area contributed by atoms with E-state index >= 15 is 0 Å². The topological polar surface area (TPSA) is 100 Å². The normalized spacial score (nSPS) is 16.2. The number of hydrogen-bond donors (Lipinski definition) is 2. The number of rotatable bonds is 6. The van der Waals surface area contributed by atoms with E-state index in [0.29, 0.717) is 24.1 Å². The highest BCUT2D eigenvalue weighted by Crippen LogP contribution is 2.21. The summed E-state index contributed by atoms with van der Waals surface area (Å²) in [6, 6.07) is 9.70. The van der Waals surface area contributed by atoms with Gasteiger partial charge in [0.05, 0.1) is 6.04 Å². The molecular formula is C20H29N7O. The average molecular weight is 384 g/mol. The van der Waals surface area contributed by atoms with Crippen LogP contribution in [0.4, 0.5) is 17.6 Å². The number of carbonyl (C=O) groups excluding carboxylic acids is 1. The van der Waals surface area contributed by atoms with Crippen LogP contribution in [0.2, 0.25) is 0 Å². The summed E-state index contributed by atoms with van der Waals surface area (Å²) in [5, 5.41) is 3.17. The van der Waals surface area contributed by atoms with Gasteiger partial charge in [-0.1, -0.05) is 32.0 Å². The highest BCUT2D eigenvalue weighted by atomic mass is 16.2. The van der Waals surface area contributed by atoms with E-state index in [1.54, 1.807) is 0 Å². The fourth-order valence-corrected chi connectivity index (χ4v) is 3.30. The molecule has 1 atom stereocenters. The molecule has 0 spiro atoms. The lowest BCUT2D eigenvalue weighted by atomic mass is 10.1. The van der Waals surface area contributed by atoms with Gasteiger partial charge in [-0.05, 0) is 25.0 Å². The molecule has 8 nitrogen and oxygen atoms in total. The number of carbonyl (C=O) groups is 1. The van der Waals surface area contributed by atoms with Gasteiger partial charge in [0.25, 0.3) is 0 Å². The second-order valence-corrected chi connectivity index (χ2v) is 7.56. The van der Waals surface area contributed by atoms with Gasteiger partial charge in [0.15, 0.2) is 5.82 Å². The van der Waals surface area contributed by atoms with Crippen molar-refractivity contribution in [2.24, 2.45) is 5.92 Å². The molecule has 1 aromatic carbocycles. The van der Waals surface area contributed by atoms with Gasteiger partial charge in [0.2, 0.25) is 17.8 Å². The maximum absolute atomic E-state index is 12.3. The quantitative estimate of drug-likeness (QED) is 0.790. The number of amides is 1. The third-order valence-corrected chi connectivity index (χ3v) is 4.87. The summed E-state index contributed by atoms with van der Waals surface area (Å²) in [7, 11) is 0. The van der Waals surface area contributed by atoms with Crippen LogP contribution in [0, 0.1) is 5.92 Å². The number of hydrogen-bond acceptors (Lipinski definition) is 7. The van der Waals surface area contributed by atoms with Crippen molar-refractivity contribution in [3.05, 3.63) is 36.2 Å². The van der Waals surface area contributed by atoms with Gasteiger partial charge in [-0.25, -0.2) is 0 Å². The van der Waals surface area contributed by atoms with E-state index in [4.69, 9.17) is 5.73 Å². The molecule has 0 radical (unpaired) electrons. The van der Waals surface area contributed by atoms with Gasteiger partial charge >= 0.3 is 0 Å². The van der Waals surface area contributed by atoms with Gasteiger partial charge in [-0.3, -0.25) is 9.69 Å². The number of para-hydroxylation sites is 1. The van der Waals surface area contributed by atoms with Crippen molar-refractivity contribution in [3.63, 3.8) is 0 Å². The van der Waals surface area contributed by atoms with Crippen LogP contribution in [-0.2, 0) is 4.79 Å². The van der Waals surface area contributed by atoms with Gasteiger partial charge in [0.1, 0.15) is 0 Å². The van der Waals surface area contributed by atoms with Crippen molar-refractivity contribution in [2.75, 3.05) is 37.2 Å². The molecule has 1 aliphatic heterocycles. The second kappa shape index (κ2) is 8.97. The molecule has 0 saturated carbocycles. The van der Waals surface area contributed by atoms with E-state index in [1.807, 2.05) is 35.2 Å². The molecule has 1 aliphatic rings. The highest BCUT2D eigenvalue weighted by Gasteiger charge is 2.26. The molecule has 8 heteroatoms. The summed E-state index contributed by atoms with van der Waals surface area (Å²) in [6.45, 7) is 9.24. The minimum absolute atomic E-state index is 0.0102. The van der Waals surface area contributed by atoms with E-state index < -0.39 is 0 Å². The van der Waals surface area contributed by atoms with Crippen molar-refractivity contribution in [3.8, 4) is 0 Å². The molecule has 1 unspecified atom stereocenters. The first kappa shape index (κ1) is 20.0. The number of piperazine rings is 1. The number of aromatic nitrogens is 3. The van der Waals surface area contributed by atoms with E-state index in [2.05, 4.69) is 45.9 Å². The van der Waals surface area contributed by atoms with Gasteiger partial charge < -0.3 is 16.0 Å². The van der Waals surface area contributed by atoms with Crippen molar-refractivity contribution >= 4 is 23.5 Å². The average Bonchev–Trinajstić information content (AvgIpc) is 2.67. The summed E-state index contributed by atoms with van der Waals surface area (Å²) in [5.41, 5.74) is 6.81. The molecule has 1 amide bonds. The van der Waals surface area contributed by atoms with E-state index in [1.165, 1.54) is 0 Å². The van der Waals surface area contributed by atoms with Crippen LogP contribution in [-0.4, -0.2) is 56.8 Å². The largest absolute Gasteiger partial charge is 0.368 e. The van der Waals surface area contributed by atoms with Crippen molar-refractivity contribution < 1.29 is 4.79 Å². The Hall–Kier alpha value is -2.74. The molecule has 0 aliphatic carbocycles. The van der Waals surface area contributed by atoms with Crippen molar-refractivity contribution in [1.29, 1.82) is 0 Å². The number of anilines is 3. The van der Waals surface area contributed by atoms with Crippen LogP contribution < -0.4 is 11.1 Å². The summed E-state index contributed by atoms with van der Waals surface area (Å²) in [4.78, 5) is 29.6. The lowest BCUT2D eigenvalue weighted by molar-refractivity contribution is -0.134. The Labute approximate surface area is 166 Å². The first-order chi connectivity index (χ1) is 13.4. The smallest absolute Gasteiger partial charge is 0.232 e. The maximum atomic E-state index is 12.3. The highest BCUT2D eigenvalue weighted by molar-refractivity contribution is 5.76. The number of nitrogens with zero attached hydrogens (tertiary/aromatic N) is 5. The molecule has 2 aromatic rings. The first-order valence-electron chi connectivity index (χ1n) is 9.77. The molecule has 0 bridgehead atoms. The van der Waals surface area contributed by atoms with Crippen LogP contribution >= 0.6 is 0 Å². The molecule has 150 valence electrons. The number of nitrogen functional groups attached to an aromatic ring is 1. The second-order valence-electron chi connectivity index (χ2n) is 7.56.